The van der Waals surface area contributed by atoms with Gasteiger partial charge in [-0.1, -0.05) is 23.7 Å². The largest absolute Gasteiger partial charge is 0.327 e. The molecule has 27 heavy (non-hydrogen) atoms. The molecular formula is C18H23ClN6O2. The minimum atomic E-state index is -0.440. The number of hydrogen-bond acceptors (Lipinski definition) is 6. The van der Waals surface area contributed by atoms with E-state index in [1.165, 1.54) is 4.90 Å². The SMILES string of the molecule is CCN1C(=O)C2C(NC3N(CC)N=C(c4ccc(Cl)cc4)CN23)N(C)C1=O. The average molecular weight is 391 g/mol. The van der Waals surface area contributed by atoms with E-state index in [0.717, 1.165) is 11.3 Å². The van der Waals surface area contributed by atoms with E-state index in [0.29, 0.717) is 24.7 Å². The average Bonchev–Trinajstić information content (AvgIpc) is 3.06. The van der Waals surface area contributed by atoms with Crippen LogP contribution in [0.5, 0.6) is 0 Å². The number of imide groups is 1. The van der Waals surface area contributed by atoms with Gasteiger partial charge in [0.25, 0.3) is 5.91 Å². The lowest BCUT2D eigenvalue weighted by molar-refractivity contribution is -0.138. The topological polar surface area (TPSA) is 71.5 Å². The molecule has 3 atom stereocenters. The van der Waals surface area contributed by atoms with E-state index in [2.05, 4.69) is 10.2 Å². The van der Waals surface area contributed by atoms with Crippen LogP contribution in [0.4, 0.5) is 4.79 Å². The van der Waals surface area contributed by atoms with Gasteiger partial charge in [-0.2, -0.15) is 5.10 Å². The Balaban J connectivity index is 1.70. The van der Waals surface area contributed by atoms with Gasteiger partial charge in [0, 0.05) is 31.7 Å². The highest BCUT2D eigenvalue weighted by atomic mass is 35.5. The summed E-state index contributed by atoms with van der Waals surface area (Å²) >= 11 is 6.01. The molecule has 2 saturated heterocycles. The molecule has 9 heteroatoms. The van der Waals surface area contributed by atoms with Gasteiger partial charge in [0.2, 0.25) is 0 Å². The number of carbonyl (C=O) groups excluding carboxylic acids is 2. The van der Waals surface area contributed by atoms with Gasteiger partial charge in [0.05, 0.1) is 5.71 Å². The first-order valence-corrected chi connectivity index (χ1v) is 9.54. The van der Waals surface area contributed by atoms with Crippen molar-refractivity contribution in [2.45, 2.75) is 32.3 Å². The summed E-state index contributed by atoms with van der Waals surface area (Å²) in [7, 11) is 1.73. The molecule has 0 spiro atoms. The number of hydrazone groups is 1. The lowest BCUT2D eigenvalue weighted by atomic mass is 10.1. The van der Waals surface area contributed by atoms with Crippen LogP contribution in [0.2, 0.25) is 5.02 Å². The van der Waals surface area contributed by atoms with Crippen molar-refractivity contribution in [1.82, 2.24) is 25.0 Å². The van der Waals surface area contributed by atoms with Gasteiger partial charge in [-0.25, -0.2) is 9.69 Å². The van der Waals surface area contributed by atoms with Crippen molar-refractivity contribution < 1.29 is 9.59 Å². The molecule has 144 valence electrons. The predicted molar refractivity (Wildman–Crippen MR) is 102 cm³/mol. The fourth-order valence-electron chi connectivity index (χ4n) is 4.02. The molecule has 3 heterocycles. The molecule has 8 nitrogen and oxygen atoms in total. The van der Waals surface area contributed by atoms with Gasteiger partial charge < -0.3 is 4.90 Å². The molecule has 0 saturated carbocycles. The van der Waals surface area contributed by atoms with Crippen molar-refractivity contribution >= 4 is 29.3 Å². The molecule has 4 rings (SSSR count). The van der Waals surface area contributed by atoms with Gasteiger partial charge in [0.15, 0.2) is 6.29 Å². The van der Waals surface area contributed by atoms with Crippen LogP contribution < -0.4 is 5.32 Å². The first-order valence-electron chi connectivity index (χ1n) is 9.16. The summed E-state index contributed by atoms with van der Waals surface area (Å²) in [5, 5.41) is 10.8. The fourth-order valence-corrected chi connectivity index (χ4v) is 4.15. The van der Waals surface area contributed by atoms with Crippen LogP contribution in [0.3, 0.4) is 0 Å². The lowest BCUT2D eigenvalue weighted by Gasteiger charge is -2.42. The van der Waals surface area contributed by atoms with E-state index < -0.39 is 6.04 Å². The smallest absolute Gasteiger partial charge is 0.310 e. The third kappa shape index (κ3) is 2.79. The molecule has 0 radical (unpaired) electrons. The Labute approximate surface area is 163 Å². The molecule has 1 aromatic carbocycles. The number of carbonyl (C=O) groups is 2. The summed E-state index contributed by atoms with van der Waals surface area (Å²) < 4.78 is 0. The zero-order valence-electron chi connectivity index (χ0n) is 15.6. The number of benzene rings is 1. The maximum atomic E-state index is 13.1. The second kappa shape index (κ2) is 6.78. The van der Waals surface area contributed by atoms with E-state index in [1.807, 2.05) is 43.1 Å². The van der Waals surface area contributed by atoms with Crippen LogP contribution in [0.25, 0.3) is 0 Å². The Hall–Kier alpha value is -2.16. The highest BCUT2D eigenvalue weighted by Crippen LogP contribution is 2.30. The summed E-state index contributed by atoms with van der Waals surface area (Å²) in [6, 6.07) is 6.84. The quantitative estimate of drug-likeness (QED) is 0.839. The number of rotatable bonds is 3. The zero-order chi connectivity index (χ0) is 19.3. The van der Waals surface area contributed by atoms with Crippen LogP contribution in [0, 0.1) is 0 Å². The number of halogens is 1. The zero-order valence-corrected chi connectivity index (χ0v) is 16.3. The molecule has 2 fully saturated rings. The van der Waals surface area contributed by atoms with E-state index in [9.17, 15) is 9.59 Å². The highest BCUT2D eigenvalue weighted by Gasteiger charge is 2.56. The monoisotopic (exact) mass is 390 g/mol. The summed E-state index contributed by atoms with van der Waals surface area (Å²) in [4.78, 5) is 30.6. The van der Waals surface area contributed by atoms with Crippen molar-refractivity contribution in [3.8, 4) is 0 Å². The number of likely N-dealkylation sites (N-methyl/N-ethyl adjacent to an activating group) is 2. The van der Waals surface area contributed by atoms with Gasteiger partial charge in [-0.05, 0) is 31.5 Å². The molecule has 0 bridgehead atoms. The molecule has 3 aliphatic rings. The number of urea groups is 1. The van der Waals surface area contributed by atoms with Gasteiger partial charge >= 0.3 is 6.03 Å². The van der Waals surface area contributed by atoms with Crippen LogP contribution >= 0.6 is 11.6 Å². The molecule has 3 aliphatic heterocycles. The minimum absolute atomic E-state index is 0.158. The van der Waals surface area contributed by atoms with Crippen molar-refractivity contribution in [3.05, 3.63) is 34.9 Å². The molecule has 0 aliphatic carbocycles. The molecule has 3 unspecified atom stereocenters. The van der Waals surface area contributed by atoms with E-state index in [-0.39, 0.29) is 24.4 Å². The first kappa shape index (κ1) is 18.2. The molecular weight excluding hydrogens is 368 g/mol. The summed E-state index contributed by atoms with van der Waals surface area (Å²) in [6.45, 7) is 5.39. The standard InChI is InChI=1S/C18H23ClN6O2/c1-4-23-16(26)14-15(22(3)18(23)27)20-17-24(14)10-13(21-25(17)5-2)11-6-8-12(19)9-7-11/h6-9,14-15,17,20H,4-5,10H2,1-3H3. The van der Waals surface area contributed by atoms with Crippen molar-refractivity contribution in [2.75, 3.05) is 26.7 Å². The minimum Gasteiger partial charge on any atom is -0.310 e. The molecule has 1 aromatic rings. The second-order valence-electron chi connectivity index (χ2n) is 6.89. The first-order chi connectivity index (χ1) is 13.0. The third-order valence-corrected chi connectivity index (χ3v) is 5.69. The molecule has 0 aromatic heterocycles. The van der Waals surface area contributed by atoms with Gasteiger partial charge in [-0.3, -0.25) is 20.0 Å². The van der Waals surface area contributed by atoms with Crippen molar-refractivity contribution in [2.24, 2.45) is 5.10 Å². The summed E-state index contributed by atoms with van der Waals surface area (Å²) in [5.74, 6) is -0.158. The Morgan fingerprint density at radius 2 is 1.89 bits per heavy atom. The van der Waals surface area contributed by atoms with Crippen molar-refractivity contribution in [3.63, 3.8) is 0 Å². The van der Waals surface area contributed by atoms with E-state index in [4.69, 9.17) is 16.7 Å². The summed E-state index contributed by atoms with van der Waals surface area (Å²) in [5.41, 5.74) is 1.85. The van der Waals surface area contributed by atoms with E-state index >= 15 is 0 Å². The molecule has 3 amide bonds. The van der Waals surface area contributed by atoms with Crippen LogP contribution in [-0.4, -0.2) is 82.5 Å². The van der Waals surface area contributed by atoms with Crippen LogP contribution in [-0.2, 0) is 4.79 Å². The Bertz CT molecular complexity index is 798. The number of nitrogens with one attached hydrogen (secondary N) is 1. The van der Waals surface area contributed by atoms with E-state index in [1.54, 1.807) is 11.9 Å². The Morgan fingerprint density at radius 1 is 1.19 bits per heavy atom. The molecule has 1 N–H and O–H groups in total. The highest BCUT2D eigenvalue weighted by molar-refractivity contribution is 6.30. The van der Waals surface area contributed by atoms with Crippen LogP contribution in [0.1, 0.15) is 19.4 Å². The fraction of sp³-hybridized carbons (Fsp3) is 0.500. The lowest BCUT2D eigenvalue weighted by Crippen LogP contribution is -2.66. The predicted octanol–water partition coefficient (Wildman–Crippen LogP) is 1.18. The van der Waals surface area contributed by atoms with Gasteiger partial charge in [0.1, 0.15) is 12.2 Å². The van der Waals surface area contributed by atoms with Crippen LogP contribution in [0.15, 0.2) is 29.4 Å². The summed E-state index contributed by atoms with van der Waals surface area (Å²) in [6.07, 6.45) is -0.594. The second-order valence-corrected chi connectivity index (χ2v) is 7.32. The number of hydrogen-bond donors (Lipinski definition) is 1. The third-order valence-electron chi connectivity index (χ3n) is 5.44. The number of nitrogens with zero attached hydrogens (tertiary/aromatic N) is 5. The van der Waals surface area contributed by atoms with Gasteiger partial charge in [-0.15, -0.1) is 0 Å². The number of fused-ring (bicyclic) bond motifs is 3. The maximum Gasteiger partial charge on any atom is 0.327 e. The maximum absolute atomic E-state index is 13.1. The number of amides is 3. The Morgan fingerprint density at radius 3 is 2.52 bits per heavy atom. The normalized spacial score (nSPS) is 28.4. The Kier molecular flexibility index (Phi) is 4.57. The van der Waals surface area contributed by atoms with Crippen molar-refractivity contribution in [1.29, 1.82) is 0 Å².